The topological polar surface area (TPSA) is 29.1 Å². The van der Waals surface area contributed by atoms with Gasteiger partial charge in [0, 0.05) is 12.1 Å². The van der Waals surface area contributed by atoms with E-state index in [1.165, 1.54) is 0 Å². The maximum absolute atomic E-state index is 11.7. The second-order valence-electron chi connectivity index (χ2n) is 4.12. The van der Waals surface area contributed by atoms with E-state index in [1.807, 2.05) is 30.3 Å². The fourth-order valence-corrected chi connectivity index (χ4v) is 2.38. The third-order valence-corrected chi connectivity index (χ3v) is 3.30. The summed E-state index contributed by atoms with van der Waals surface area (Å²) in [5.74, 6) is 0.226. The number of carbonyl (C=O) groups is 1. The van der Waals surface area contributed by atoms with Crippen molar-refractivity contribution in [3.63, 3.8) is 0 Å². The molecule has 0 amide bonds. The second kappa shape index (κ2) is 5.21. The summed E-state index contributed by atoms with van der Waals surface area (Å²) in [5, 5.41) is 3.15. The molecule has 1 saturated carbocycles. The van der Waals surface area contributed by atoms with E-state index in [2.05, 4.69) is 5.32 Å². The molecule has 0 heterocycles. The van der Waals surface area contributed by atoms with Gasteiger partial charge in [-0.15, -0.1) is 0 Å². The lowest BCUT2D eigenvalue weighted by atomic mass is 9.88. The first-order chi connectivity index (χ1) is 7.77. The summed E-state index contributed by atoms with van der Waals surface area (Å²) in [6.07, 6.45) is 3.70. The molecule has 84 valence electrons. The number of rotatable bonds is 2. The molecule has 0 bridgehead atoms. The Morgan fingerprint density at radius 2 is 2.00 bits per heavy atom. The van der Waals surface area contributed by atoms with Gasteiger partial charge in [0.05, 0.1) is 10.9 Å². The van der Waals surface area contributed by atoms with Crippen LogP contribution in [0.15, 0.2) is 30.3 Å². The van der Waals surface area contributed by atoms with Gasteiger partial charge in [0.2, 0.25) is 0 Å². The standard InChI is InChI=1S/C13H15NOS/c15-12-9-5-4-8-11(12)13(16)14-10-6-2-1-3-7-10/h1-3,6-7,11H,4-5,8-9H2,(H,14,16). The van der Waals surface area contributed by atoms with Crippen LogP contribution in [0.25, 0.3) is 0 Å². The summed E-state index contributed by atoms with van der Waals surface area (Å²) in [5.41, 5.74) is 0.964. The Kier molecular flexibility index (Phi) is 3.67. The Morgan fingerprint density at radius 3 is 2.69 bits per heavy atom. The van der Waals surface area contributed by atoms with E-state index >= 15 is 0 Å². The SMILES string of the molecule is O=C1CCCCC1C(=S)Nc1ccccc1. The Bertz CT molecular complexity index is 388. The lowest BCUT2D eigenvalue weighted by Gasteiger charge is -2.22. The Morgan fingerprint density at radius 1 is 1.25 bits per heavy atom. The number of nitrogens with one attached hydrogen (secondary N) is 1. The van der Waals surface area contributed by atoms with Gasteiger partial charge in [-0.05, 0) is 25.0 Å². The Labute approximate surface area is 101 Å². The van der Waals surface area contributed by atoms with Gasteiger partial charge in [0.1, 0.15) is 5.78 Å². The van der Waals surface area contributed by atoms with Gasteiger partial charge in [-0.2, -0.15) is 0 Å². The molecule has 2 nitrogen and oxygen atoms in total. The van der Waals surface area contributed by atoms with Crippen LogP contribution in [0, 0.1) is 5.92 Å². The quantitative estimate of drug-likeness (QED) is 0.795. The first-order valence-electron chi connectivity index (χ1n) is 5.66. The van der Waals surface area contributed by atoms with E-state index in [-0.39, 0.29) is 5.92 Å². The van der Waals surface area contributed by atoms with Crippen LogP contribution in [0.3, 0.4) is 0 Å². The summed E-state index contributed by atoms with van der Waals surface area (Å²) in [6.45, 7) is 0. The first-order valence-corrected chi connectivity index (χ1v) is 6.07. The van der Waals surface area contributed by atoms with E-state index in [0.29, 0.717) is 17.2 Å². The highest BCUT2D eigenvalue weighted by Gasteiger charge is 2.25. The average molecular weight is 233 g/mol. The van der Waals surface area contributed by atoms with E-state index in [0.717, 1.165) is 24.9 Å². The van der Waals surface area contributed by atoms with Crippen molar-refractivity contribution in [1.29, 1.82) is 0 Å². The van der Waals surface area contributed by atoms with Crippen LogP contribution in [-0.2, 0) is 4.79 Å². The van der Waals surface area contributed by atoms with Gasteiger partial charge in [-0.25, -0.2) is 0 Å². The molecule has 0 spiro atoms. The highest BCUT2D eigenvalue weighted by molar-refractivity contribution is 7.80. The Hall–Kier alpha value is -1.22. The van der Waals surface area contributed by atoms with E-state index < -0.39 is 0 Å². The highest BCUT2D eigenvalue weighted by atomic mass is 32.1. The van der Waals surface area contributed by atoms with Crippen LogP contribution in [0.4, 0.5) is 5.69 Å². The van der Waals surface area contributed by atoms with Gasteiger partial charge < -0.3 is 5.32 Å². The summed E-state index contributed by atoms with van der Waals surface area (Å²) >= 11 is 5.30. The molecule has 1 atom stereocenters. The Balaban J connectivity index is 2.00. The number of hydrogen-bond acceptors (Lipinski definition) is 2. The van der Waals surface area contributed by atoms with Gasteiger partial charge in [0.25, 0.3) is 0 Å². The molecular formula is C13H15NOS. The number of para-hydroxylation sites is 1. The molecule has 0 radical (unpaired) electrons. The lowest BCUT2D eigenvalue weighted by Crippen LogP contribution is -2.30. The number of benzene rings is 1. The molecule has 3 heteroatoms. The van der Waals surface area contributed by atoms with Crippen molar-refractivity contribution >= 4 is 28.7 Å². The highest BCUT2D eigenvalue weighted by Crippen LogP contribution is 2.22. The third kappa shape index (κ3) is 2.67. The number of ketones is 1. The van der Waals surface area contributed by atoms with Crippen LogP contribution < -0.4 is 5.32 Å². The molecule has 0 aliphatic heterocycles. The first kappa shape index (κ1) is 11.3. The summed E-state index contributed by atoms with van der Waals surface area (Å²) < 4.78 is 0. The zero-order valence-electron chi connectivity index (χ0n) is 9.11. The number of carbonyl (C=O) groups excluding carboxylic acids is 1. The van der Waals surface area contributed by atoms with Crippen LogP contribution >= 0.6 is 12.2 Å². The zero-order valence-corrected chi connectivity index (χ0v) is 9.93. The number of hydrogen-bond donors (Lipinski definition) is 1. The normalized spacial score (nSPS) is 20.5. The van der Waals surface area contributed by atoms with Crippen molar-refractivity contribution in [1.82, 2.24) is 0 Å². The smallest absolute Gasteiger partial charge is 0.142 e. The third-order valence-electron chi connectivity index (χ3n) is 2.91. The van der Waals surface area contributed by atoms with Crippen LogP contribution in [0.2, 0.25) is 0 Å². The van der Waals surface area contributed by atoms with Crippen LogP contribution in [0.1, 0.15) is 25.7 Å². The lowest BCUT2D eigenvalue weighted by molar-refractivity contribution is -0.122. The van der Waals surface area contributed by atoms with Gasteiger partial charge in [-0.1, -0.05) is 36.8 Å². The van der Waals surface area contributed by atoms with Gasteiger partial charge in [-0.3, -0.25) is 4.79 Å². The molecule has 2 rings (SSSR count). The number of anilines is 1. The van der Waals surface area contributed by atoms with Crippen molar-refractivity contribution in [3.05, 3.63) is 30.3 Å². The molecule has 0 saturated heterocycles. The van der Waals surface area contributed by atoms with Crippen molar-refractivity contribution < 1.29 is 4.79 Å². The molecule has 1 unspecified atom stereocenters. The predicted molar refractivity (Wildman–Crippen MR) is 69.6 cm³/mol. The fourth-order valence-electron chi connectivity index (χ4n) is 2.01. The zero-order chi connectivity index (χ0) is 11.4. The number of thiocarbonyl (C=S) groups is 1. The molecular weight excluding hydrogens is 218 g/mol. The molecule has 16 heavy (non-hydrogen) atoms. The largest absolute Gasteiger partial charge is 0.349 e. The maximum atomic E-state index is 11.7. The fraction of sp³-hybridized carbons (Fsp3) is 0.385. The molecule has 1 aliphatic carbocycles. The van der Waals surface area contributed by atoms with Crippen molar-refractivity contribution in [2.75, 3.05) is 5.32 Å². The molecule has 1 aromatic rings. The minimum absolute atomic E-state index is 0.0658. The van der Waals surface area contributed by atoms with Crippen molar-refractivity contribution in [3.8, 4) is 0 Å². The molecule has 0 aromatic heterocycles. The van der Waals surface area contributed by atoms with Crippen LogP contribution in [-0.4, -0.2) is 10.8 Å². The van der Waals surface area contributed by atoms with Crippen molar-refractivity contribution in [2.24, 2.45) is 5.92 Å². The van der Waals surface area contributed by atoms with E-state index in [4.69, 9.17) is 12.2 Å². The predicted octanol–water partition coefficient (Wildman–Crippen LogP) is 3.19. The molecule has 1 aliphatic rings. The van der Waals surface area contributed by atoms with E-state index in [9.17, 15) is 4.79 Å². The monoisotopic (exact) mass is 233 g/mol. The number of Topliss-reactive ketones (excluding diaryl/α,β-unsaturated/α-hetero) is 1. The molecule has 1 N–H and O–H groups in total. The van der Waals surface area contributed by atoms with Gasteiger partial charge >= 0.3 is 0 Å². The minimum Gasteiger partial charge on any atom is -0.349 e. The molecule has 1 aromatic carbocycles. The summed E-state index contributed by atoms with van der Waals surface area (Å²) in [4.78, 5) is 12.4. The maximum Gasteiger partial charge on any atom is 0.142 e. The summed E-state index contributed by atoms with van der Waals surface area (Å²) in [6, 6.07) is 9.78. The van der Waals surface area contributed by atoms with Crippen LogP contribution in [0.5, 0.6) is 0 Å². The van der Waals surface area contributed by atoms with E-state index in [1.54, 1.807) is 0 Å². The minimum atomic E-state index is -0.0658. The average Bonchev–Trinajstić information content (AvgIpc) is 2.31. The molecule has 1 fully saturated rings. The van der Waals surface area contributed by atoms with Crippen molar-refractivity contribution in [2.45, 2.75) is 25.7 Å². The summed E-state index contributed by atoms with van der Waals surface area (Å²) in [7, 11) is 0. The second-order valence-corrected chi connectivity index (χ2v) is 4.56. The van der Waals surface area contributed by atoms with Gasteiger partial charge in [0.15, 0.2) is 0 Å².